The van der Waals surface area contributed by atoms with Gasteiger partial charge in [-0.15, -0.1) is 0 Å². The van der Waals surface area contributed by atoms with E-state index in [0.29, 0.717) is 18.3 Å². The van der Waals surface area contributed by atoms with Crippen LogP contribution in [0.4, 0.5) is 0 Å². The van der Waals surface area contributed by atoms with Crippen molar-refractivity contribution in [1.82, 2.24) is 10.1 Å². The molecule has 1 unspecified atom stereocenters. The number of benzene rings is 1. The van der Waals surface area contributed by atoms with Crippen molar-refractivity contribution >= 4 is 0 Å². The quantitative estimate of drug-likeness (QED) is 0.848. The maximum atomic E-state index is 5.96. The fraction of sp³-hybridized carbons (Fsp3) is 0.500. The van der Waals surface area contributed by atoms with Gasteiger partial charge in [0.15, 0.2) is 5.82 Å². The first-order valence-electron chi connectivity index (χ1n) is 7.32. The SMILES string of the molecule is CCC(CC)(c1ccccc1)c1noc(C(N)COC)n1. The van der Waals surface area contributed by atoms with Crippen LogP contribution in [0.15, 0.2) is 34.9 Å². The van der Waals surface area contributed by atoms with E-state index in [4.69, 9.17) is 15.0 Å². The lowest BCUT2D eigenvalue weighted by molar-refractivity contribution is 0.166. The summed E-state index contributed by atoms with van der Waals surface area (Å²) in [4.78, 5) is 4.54. The lowest BCUT2D eigenvalue weighted by Crippen LogP contribution is -2.28. The first kappa shape index (κ1) is 15.7. The Kier molecular flexibility index (Phi) is 5.09. The van der Waals surface area contributed by atoms with Gasteiger partial charge in [-0.1, -0.05) is 49.3 Å². The Morgan fingerprint density at radius 1 is 1.24 bits per heavy atom. The molecule has 2 aromatic rings. The van der Waals surface area contributed by atoms with Crippen molar-refractivity contribution in [2.75, 3.05) is 13.7 Å². The van der Waals surface area contributed by atoms with E-state index < -0.39 is 6.04 Å². The predicted molar refractivity (Wildman–Crippen MR) is 80.9 cm³/mol. The molecule has 0 fully saturated rings. The molecule has 5 nitrogen and oxygen atoms in total. The van der Waals surface area contributed by atoms with E-state index in [-0.39, 0.29) is 5.41 Å². The summed E-state index contributed by atoms with van der Waals surface area (Å²) in [7, 11) is 1.60. The average molecular weight is 289 g/mol. The highest BCUT2D eigenvalue weighted by molar-refractivity contribution is 5.32. The molecule has 2 N–H and O–H groups in total. The normalized spacial score (nSPS) is 13.3. The first-order valence-corrected chi connectivity index (χ1v) is 7.32. The van der Waals surface area contributed by atoms with E-state index in [1.54, 1.807) is 7.11 Å². The van der Waals surface area contributed by atoms with Gasteiger partial charge in [0.1, 0.15) is 6.04 Å². The number of ether oxygens (including phenoxy) is 1. The highest BCUT2D eigenvalue weighted by atomic mass is 16.5. The Labute approximate surface area is 125 Å². The van der Waals surface area contributed by atoms with E-state index in [1.165, 1.54) is 5.56 Å². The van der Waals surface area contributed by atoms with Crippen LogP contribution in [-0.2, 0) is 10.2 Å². The number of rotatable bonds is 7. The minimum absolute atomic E-state index is 0.240. The van der Waals surface area contributed by atoms with E-state index in [0.717, 1.165) is 12.8 Å². The van der Waals surface area contributed by atoms with Gasteiger partial charge in [-0.05, 0) is 18.4 Å². The topological polar surface area (TPSA) is 74.2 Å². The molecule has 5 heteroatoms. The van der Waals surface area contributed by atoms with E-state index >= 15 is 0 Å². The van der Waals surface area contributed by atoms with Crippen molar-refractivity contribution in [1.29, 1.82) is 0 Å². The lowest BCUT2D eigenvalue weighted by atomic mass is 9.75. The lowest BCUT2D eigenvalue weighted by Gasteiger charge is -2.28. The molecule has 2 rings (SSSR count). The molecule has 114 valence electrons. The smallest absolute Gasteiger partial charge is 0.245 e. The Hall–Kier alpha value is -1.72. The van der Waals surface area contributed by atoms with Crippen LogP contribution >= 0.6 is 0 Å². The van der Waals surface area contributed by atoms with Crippen LogP contribution in [0.3, 0.4) is 0 Å². The monoisotopic (exact) mass is 289 g/mol. The van der Waals surface area contributed by atoms with Crippen LogP contribution in [0.2, 0.25) is 0 Å². The van der Waals surface area contributed by atoms with Gasteiger partial charge in [-0.2, -0.15) is 4.98 Å². The molecule has 1 atom stereocenters. The summed E-state index contributed by atoms with van der Waals surface area (Å²) in [5.41, 5.74) is 6.92. The summed E-state index contributed by atoms with van der Waals surface area (Å²) >= 11 is 0. The largest absolute Gasteiger partial charge is 0.383 e. The first-order chi connectivity index (χ1) is 10.2. The molecule has 0 amide bonds. The number of hydrogen-bond acceptors (Lipinski definition) is 5. The Morgan fingerprint density at radius 2 is 1.90 bits per heavy atom. The minimum Gasteiger partial charge on any atom is -0.383 e. The third kappa shape index (κ3) is 2.99. The molecule has 0 aliphatic carbocycles. The van der Waals surface area contributed by atoms with Gasteiger partial charge in [0, 0.05) is 7.11 Å². The Morgan fingerprint density at radius 3 is 2.48 bits per heavy atom. The van der Waals surface area contributed by atoms with Crippen molar-refractivity contribution in [3.63, 3.8) is 0 Å². The molecule has 0 saturated carbocycles. The van der Waals surface area contributed by atoms with Gasteiger partial charge in [0.05, 0.1) is 12.0 Å². The predicted octanol–water partition coefficient (Wildman–Crippen LogP) is 2.82. The zero-order chi connectivity index (χ0) is 15.3. The number of nitrogens with two attached hydrogens (primary N) is 1. The van der Waals surface area contributed by atoms with Gasteiger partial charge in [-0.3, -0.25) is 0 Å². The van der Waals surface area contributed by atoms with Crippen molar-refractivity contribution in [3.05, 3.63) is 47.6 Å². The molecule has 0 bridgehead atoms. The molecule has 1 aromatic heterocycles. The van der Waals surface area contributed by atoms with E-state index in [1.807, 2.05) is 18.2 Å². The standard InChI is InChI=1S/C16H23N3O2/c1-4-16(5-2,12-9-7-6-8-10-12)15-18-14(21-19-15)13(17)11-20-3/h6-10,13H,4-5,11,17H2,1-3H3. The van der Waals surface area contributed by atoms with Crippen LogP contribution < -0.4 is 5.73 Å². The average Bonchev–Trinajstić information content (AvgIpc) is 3.01. The van der Waals surface area contributed by atoms with Crippen molar-refractivity contribution in [2.45, 2.75) is 38.1 Å². The van der Waals surface area contributed by atoms with Crippen molar-refractivity contribution in [3.8, 4) is 0 Å². The molecule has 21 heavy (non-hydrogen) atoms. The van der Waals surface area contributed by atoms with E-state index in [2.05, 4.69) is 36.1 Å². The summed E-state index contributed by atoms with van der Waals surface area (Å²) in [6, 6.07) is 9.91. The van der Waals surface area contributed by atoms with Gasteiger partial charge >= 0.3 is 0 Å². The maximum Gasteiger partial charge on any atom is 0.245 e. The van der Waals surface area contributed by atoms with Crippen LogP contribution in [-0.4, -0.2) is 23.9 Å². The highest BCUT2D eigenvalue weighted by Crippen LogP contribution is 2.37. The molecule has 1 heterocycles. The summed E-state index contributed by atoms with van der Waals surface area (Å²) in [5, 5.41) is 4.19. The maximum absolute atomic E-state index is 5.96. The second kappa shape index (κ2) is 6.83. The number of methoxy groups -OCH3 is 1. The van der Waals surface area contributed by atoms with Gasteiger partial charge in [0.25, 0.3) is 0 Å². The fourth-order valence-corrected chi connectivity index (χ4v) is 2.69. The van der Waals surface area contributed by atoms with Crippen LogP contribution in [0, 0.1) is 0 Å². The van der Waals surface area contributed by atoms with Crippen LogP contribution in [0.25, 0.3) is 0 Å². The minimum atomic E-state index is -0.390. The number of nitrogens with zero attached hydrogens (tertiary/aromatic N) is 2. The molecule has 0 radical (unpaired) electrons. The summed E-state index contributed by atoms with van der Waals surface area (Å²) in [6.45, 7) is 4.64. The summed E-state index contributed by atoms with van der Waals surface area (Å²) in [5.74, 6) is 1.12. The van der Waals surface area contributed by atoms with Crippen LogP contribution in [0.1, 0.15) is 50.0 Å². The molecule has 0 saturated heterocycles. The number of aromatic nitrogens is 2. The second-order valence-electron chi connectivity index (χ2n) is 5.17. The number of hydrogen-bond donors (Lipinski definition) is 1. The third-order valence-electron chi connectivity index (χ3n) is 4.07. The highest BCUT2D eigenvalue weighted by Gasteiger charge is 2.36. The van der Waals surface area contributed by atoms with Crippen molar-refractivity contribution in [2.24, 2.45) is 5.73 Å². The van der Waals surface area contributed by atoms with Crippen LogP contribution in [0.5, 0.6) is 0 Å². The third-order valence-corrected chi connectivity index (χ3v) is 4.07. The summed E-state index contributed by atoms with van der Waals surface area (Å²) < 4.78 is 10.4. The zero-order valence-electron chi connectivity index (χ0n) is 12.9. The molecule has 0 aliphatic heterocycles. The summed E-state index contributed by atoms with van der Waals surface area (Å²) in [6.07, 6.45) is 1.79. The van der Waals surface area contributed by atoms with Crippen molar-refractivity contribution < 1.29 is 9.26 Å². The molecule has 0 spiro atoms. The fourth-order valence-electron chi connectivity index (χ4n) is 2.69. The molecule has 1 aromatic carbocycles. The zero-order valence-corrected chi connectivity index (χ0v) is 12.9. The van der Waals surface area contributed by atoms with Gasteiger partial charge in [-0.25, -0.2) is 0 Å². The van der Waals surface area contributed by atoms with Gasteiger partial charge in [0.2, 0.25) is 5.89 Å². The molecular formula is C16H23N3O2. The van der Waals surface area contributed by atoms with E-state index in [9.17, 15) is 0 Å². The van der Waals surface area contributed by atoms with Gasteiger partial charge < -0.3 is 15.0 Å². The second-order valence-corrected chi connectivity index (χ2v) is 5.17. The molecule has 0 aliphatic rings. The Bertz CT molecular complexity index is 550. The Balaban J connectivity index is 2.40. The molecular weight excluding hydrogens is 266 g/mol.